The van der Waals surface area contributed by atoms with Gasteiger partial charge in [-0.25, -0.2) is 4.79 Å². The average molecular weight is 380 g/mol. The van der Waals surface area contributed by atoms with E-state index in [0.29, 0.717) is 5.52 Å². The van der Waals surface area contributed by atoms with Crippen LogP contribution in [0, 0.1) is 0 Å². The number of rotatable bonds is 2. The van der Waals surface area contributed by atoms with Gasteiger partial charge in [0.15, 0.2) is 0 Å². The number of aromatic amines is 1. The molecule has 1 aromatic heterocycles. The van der Waals surface area contributed by atoms with Crippen LogP contribution in [0.2, 0.25) is 0 Å². The van der Waals surface area contributed by atoms with E-state index in [-0.39, 0.29) is 15.4 Å². The first kappa shape index (κ1) is 16.7. The number of fused-ring (bicyclic) bond motifs is 1. The molecule has 0 saturated carbocycles. The summed E-state index contributed by atoms with van der Waals surface area (Å²) in [6, 6.07) is 2.56. The lowest BCUT2D eigenvalue weighted by molar-refractivity contribution is -0.274. The molecular formula is C14H13BrF3NO3. The molecule has 0 radical (unpaired) electrons. The maximum absolute atomic E-state index is 12.4. The third-order valence-corrected chi connectivity index (χ3v) is 3.38. The fraction of sp³-hybridized carbons (Fsp3) is 0.357. The number of H-pyrrole nitrogens is 1. The van der Waals surface area contributed by atoms with Gasteiger partial charge in [-0.15, -0.1) is 13.2 Å². The minimum Gasteiger partial charge on any atom is -0.456 e. The van der Waals surface area contributed by atoms with Gasteiger partial charge in [-0.2, -0.15) is 0 Å². The van der Waals surface area contributed by atoms with Crippen molar-refractivity contribution in [2.45, 2.75) is 32.7 Å². The highest BCUT2D eigenvalue weighted by Gasteiger charge is 2.33. The van der Waals surface area contributed by atoms with Crippen molar-refractivity contribution >= 4 is 32.8 Å². The molecule has 4 nitrogen and oxygen atoms in total. The van der Waals surface area contributed by atoms with E-state index < -0.39 is 23.7 Å². The van der Waals surface area contributed by atoms with Crippen LogP contribution >= 0.6 is 15.9 Å². The van der Waals surface area contributed by atoms with Gasteiger partial charge in [-0.1, -0.05) is 0 Å². The normalized spacial score (nSPS) is 12.5. The van der Waals surface area contributed by atoms with Gasteiger partial charge in [-0.3, -0.25) is 0 Å². The third kappa shape index (κ3) is 3.73. The van der Waals surface area contributed by atoms with Crippen LogP contribution in [-0.4, -0.2) is 22.9 Å². The summed E-state index contributed by atoms with van der Waals surface area (Å²) >= 11 is 3.06. The number of halogens is 4. The molecule has 0 atom stereocenters. The van der Waals surface area contributed by atoms with E-state index in [4.69, 9.17) is 4.74 Å². The van der Waals surface area contributed by atoms with Gasteiger partial charge >= 0.3 is 12.3 Å². The van der Waals surface area contributed by atoms with Gasteiger partial charge < -0.3 is 14.5 Å². The standard InChI is InChI=1S/C14H13BrF3NO3/c1-13(2,3)22-12(20)7-6-19-8-4-5-9(11(15)10(7)8)21-14(16,17)18/h4-6,19H,1-3H3. The SMILES string of the molecule is CC(C)(C)OC(=O)c1c[nH]c2ccc(OC(F)(F)F)c(Br)c12. The number of benzene rings is 1. The molecule has 1 N–H and O–H groups in total. The number of hydrogen-bond acceptors (Lipinski definition) is 3. The second-order valence-electron chi connectivity index (χ2n) is 5.55. The van der Waals surface area contributed by atoms with Crippen molar-refractivity contribution in [2.24, 2.45) is 0 Å². The molecule has 1 heterocycles. The molecule has 0 aliphatic rings. The molecular weight excluding hydrogens is 367 g/mol. The van der Waals surface area contributed by atoms with Crippen LogP contribution in [0.5, 0.6) is 5.75 Å². The molecule has 0 fully saturated rings. The number of carbonyl (C=O) groups is 1. The van der Waals surface area contributed by atoms with Crippen molar-refractivity contribution in [1.82, 2.24) is 4.98 Å². The van der Waals surface area contributed by atoms with Crippen molar-refractivity contribution in [1.29, 1.82) is 0 Å². The second-order valence-corrected chi connectivity index (χ2v) is 6.35. The quantitative estimate of drug-likeness (QED) is 0.763. The molecule has 0 amide bonds. The van der Waals surface area contributed by atoms with Crippen LogP contribution in [0.25, 0.3) is 10.9 Å². The van der Waals surface area contributed by atoms with Gasteiger partial charge in [0.25, 0.3) is 0 Å². The fourth-order valence-corrected chi connectivity index (χ4v) is 2.50. The van der Waals surface area contributed by atoms with Gasteiger partial charge in [-0.05, 0) is 48.8 Å². The zero-order valence-corrected chi connectivity index (χ0v) is 13.6. The molecule has 22 heavy (non-hydrogen) atoms. The van der Waals surface area contributed by atoms with Crippen LogP contribution < -0.4 is 4.74 Å². The Hall–Kier alpha value is -1.70. The molecule has 120 valence electrons. The Labute approximate surface area is 132 Å². The molecule has 2 aromatic rings. The molecule has 8 heteroatoms. The lowest BCUT2D eigenvalue weighted by Crippen LogP contribution is -2.23. The predicted molar refractivity (Wildman–Crippen MR) is 77.9 cm³/mol. The maximum atomic E-state index is 12.4. The Morgan fingerprint density at radius 3 is 2.41 bits per heavy atom. The van der Waals surface area contributed by atoms with E-state index in [1.54, 1.807) is 20.8 Å². The minimum atomic E-state index is -4.82. The summed E-state index contributed by atoms with van der Waals surface area (Å²) in [6.45, 7) is 5.10. The fourth-order valence-electron chi connectivity index (χ4n) is 1.86. The number of hydrogen-bond donors (Lipinski definition) is 1. The van der Waals surface area contributed by atoms with Gasteiger partial charge in [0, 0.05) is 17.1 Å². The molecule has 2 rings (SSSR count). The van der Waals surface area contributed by atoms with E-state index in [2.05, 4.69) is 25.7 Å². The smallest absolute Gasteiger partial charge is 0.456 e. The van der Waals surface area contributed by atoms with E-state index in [1.165, 1.54) is 12.3 Å². The Kier molecular flexibility index (Phi) is 4.16. The number of carbonyl (C=O) groups excluding carboxylic acids is 1. The summed E-state index contributed by atoms with van der Waals surface area (Å²) in [5, 5.41) is 0.274. The molecule has 1 aromatic carbocycles. The average Bonchev–Trinajstić information content (AvgIpc) is 2.73. The molecule has 0 saturated heterocycles. The number of esters is 1. The zero-order chi connectivity index (χ0) is 16.7. The van der Waals surface area contributed by atoms with E-state index in [0.717, 1.165) is 6.07 Å². The highest BCUT2D eigenvalue weighted by Crippen LogP contribution is 2.38. The molecule has 0 aliphatic carbocycles. The first-order valence-corrected chi connectivity index (χ1v) is 7.06. The minimum absolute atomic E-state index is 0.0319. The number of alkyl halides is 3. The Bertz CT molecular complexity index is 716. The zero-order valence-electron chi connectivity index (χ0n) is 12.0. The molecule has 0 unspecified atom stereocenters. The number of nitrogens with one attached hydrogen (secondary N) is 1. The Morgan fingerprint density at radius 1 is 1.23 bits per heavy atom. The van der Waals surface area contributed by atoms with Crippen molar-refractivity contribution < 1.29 is 27.4 Å². The predicted octanol–water partition coefficient (Wildman–Crippen LogP) is 4.78. The van der Waals surface area contributed by atoms with Crippen LogP contribution in [0.3, 0.4) is 0 Å². The summed E-state index contributed by atoms with van der Waals surface area (Å²) in [5.74, 6) is -1.06. The Balaban J connectivity index is 2.49. The summed E-state index contributed by atoms with van der Waals surface area (Å²) in [5.41, 5.74) is -0.0977. The van der Waals surface area contributed by atoms with Crippen molar-refractivity contribution in [3.63, 3.8) is 0 Å². The van der Waals surface area contributed by atoms with Crippen LogP contribution in [0.1, 0.15) is 31.1 Å². The van der Waals surface area contributed by atoms with E-state index >= 15 is 0 Å². The molecule has 0 bridgehead atoms. The van der Waals surface area contributed by atoms with Crippen LogP contribution in [0.4, 0.5) is 13.2 Å². The lowest BCUT2D eigenvalue weighted by atomic mass is 10.1. The van der Waals surface area contributed by atoms with Gasteiger partial charge in [0.05, 0.1) is 10.0 Å². The summed E-state index contributed by atoms with van der Waals surface area (Å²) in [6.07, 6.45) is -3.43. The topological polar surface area (TPSA) is 51.3 Å². The molecule has 0 spiro atoms. The van der Waals surface area contributed by atoms with Crippen LogP contribution in [-0.2, 0) is 4.74 Å². The highest BCUT2D eigenvalue weighted by atomic mass is 79.9. The summed E-state index contributed by atoms with van der Waals surface area (Å²) in [7, 11) is 0. The van der Waals surface area contributed by atoms with Gasteiger partial charge in [0.2, 0.25) is 0 Å². The Morgan fingerprint density at radius 2 is 1.86 bits per heavy atom. The number of ether oxygens (including phenoxy) is 2. The second kappa shape index (κ2) is 5.49. The molecule has 0 aliphatic heterocycles. The largest absolute Gasteiger partial charge is 0.573 e. The first-order valence-electron chi connectivity index (χ1n) is 6.26. The highest BCUT2D eigenvalue weighted by molar-refractivity contribution is 9.10. The van der Waals surface area contributed by atoms with Gasteiger partial charge in [0.1, 0.15) is 11.4 Å². The summed E-state index contributed by atoms with van der Waals surface area (Å²) < 4.78 is 46.4. The number of aromatic nitrogens is 1. The first-order chi connectivity index (χ1) is 9.98. The lowest BCUT2D eigenvalue weighted by Gasteiger charge is -2.19. The van der Waals surface area contributed by atoms with Crippen molar-refractivity contribution in [3.05, 3.63) is 28.4 Å². The van der Waals surface area contributed by atoms with Crippen LogP contribution in [0.15, 0.2) is 22.8 Å². The van der Waals surface area contributed by atoms with Crippen molar-refractivity contribution in [2.75, 3.05) is 0 Å². The third-order valence-electron chi connectivity index (χ3n) is 2.59. The van der Waals surface area contributed by atoms with Crippen molar-refractivity contribution in [3.8, 4) is 5.75 Å². The maximum Gasteiger partial charge on any atom is 0.573 e. The van der Waals surface area contributed by atoms with E-state index in [1.807, 2.05) is 0 Å². The summed E-state index contributed by atoms with van der Waals surface area (Å²) in [4.78, 5) is 15.0. The van der Waals surface area contributed by atoms with E-state index in [9.17, 15) is 18.0 Å². The monoisotopic (exact) mass is 379 g/mol.